The quantitative estimate of drug-likeness (QED) is 0.192. The molecule has 3 fully saturated rings. The highest BCUT2D eigenvalue weighted by molar-refractivity contribution is 9.08. The second kappa shape index (κ2) is 12.2. The molecule has 3 aromatic rings. The highest BCUT2D eigenvalue weighted by Crippen LogP contribution is 2.48. The molecular weight excluding hydrogens is 570 g/mol. The number of esters is 2. The van der Waals surface area contributed by atoms with Crippen LogP contribution < -0.4 is 0 Å². The lowest BCUT2D eigenvalue weighted by molar-refractivity contribution is -0.160. The van der Waals surface area contributed by atoms with E-state index in [2.05, 4.69) is 27.9 Å². The van der Waals surface area contributed by atoms with E-state index in [0.29, 0.717) is 12.1 Å². The van der Waals surface area contributed by atoms with E-state index < -0.39 is 17.3 Å². The largest absolute Gasteiger partial charge is 0.463 e. The minimum Gasteiger partial charge on any atom is -0.463 e. The Hall–Kier alpha value is -3.00. The molecule has 6 rings (SSSR count). The SMILES string of the molecule is CBr.CN1C2CC(OC(=O)C(COC(=O)C(C)(c3ccccc3)c3ccccc3)c3ccccc3)CC1[C@@H]1O[C@H]21. The van der Waals surface area contributed by atoms with Crippen LogP contribution in [0.4, 0.5) is 0 Å². The van der Waals surface area contributed by atoms with E-state index in [9.17, 15) is 9.59 Å². The molecule has 3 heterocycles. The molecule has 6 atom stereocenters. The van der Waals surface area contributed by atoms with Crippen molar-refractivity contribution in [3.63, 3.8) is 0 Å². The van der Waals surface area contributed by atoms with Gasteiger partial charge in [0.05, 0.1) is 0 Å². The van der Waals surface area contributed by atoms with E-state index >= 15 is 0 Å². The first-order chi connectivity index (χ1) is 19.5. The summed E-state index contributed by atoms with van der Waals surface area (Å²) in [5, 5.41) is 0. The number of epoxide rings is 1. The summed E-state index contributed by atoms with van der Waals surface area (Å²) in [6.07, 6.45) is 1.91. The fourth-order valence-electron chi connectivity index (χ4n) is 6.28. The van der Waals surface area contributed by atoms with Gasteiger partial charge in [-0.15, -0.1) is 0 Å². The van der Waals surface area contributed by atoms with E-state index in [1.807, 2.05) is 104 Å². The van der Waals surface area contributed by atoms with Crippen molar-refractivity contribution in [2.45, 2.75) is 61.5 Å². The molecule has 4 unspecified atom stereocenters. The van der Waals surface area contributed by atoms with Gasteiger partial charge in [0.25, 0.3) is 0 Å². The standard InChI is InChI=1S/C32H33NO5.CH3Br/c1-32(22-14-8-4-9-15-22,23-16-10-5-11-17-23)31(35)36-20-25(21-12-6-3-7-13-21)30(34)37-24-18-26-28-29(38-28)27(19-24)33(26)2;1-2/h3-17,24-29H,18-20H2,1-2H3;1H3/t24?,25?,26?,27?,28-,29+;. The van der Waals surface area contributed by atoms with Gasteiger partial charge in [0.1, 0.15) is 36.3 Å². The summed E-state index contributed by atoms with van der Waals surface area (Å²) < 4.78 is 17.8. The van der Waals surface area contributed by atoms with Gasteiger partial charge in [-0.3, -0.25) is 14.5 Å². The maximum absolute atomic E-state index is 13.8. The first kappa shape index (κ1) is 28.5. The maximum Gasteiger partial charge on any atom is 0.320 e. The molecule has 7 heteroatoms. The van der Waals surface area contributed by atoms with E-state index in [1.54, 1.807) is 0 Å². The zero-order valence-corrected chi connectivity index (χ0v) is 24.7. The number of alkyl halides is 1. The maximum atomic E-state index is 13.8. The number of benzene rings is 3. The van der Waals surface area contributed by atoms with E-state index in [1.165, 1.54) is 0 Å². The Balaban J connectivity index is 0.00000158. The van der Waals surface area contributed by atoms with Crippen LogP contribution in [0.2, 0.25) is 0 Å². The first-order valence-electron chi connectivity index (χ1n) is 13.8. The molecule has 3 aliphatic rings. The summed E-state index contributed by atoms with van der Waals surface area (Å²) in [4.78, 5) is 29.7. The van der Waals surface area contributed by atoms with Gasteiger partial charge < -0.3 is 14.2 Å². The number of hydrogen-bond acceptors (Lipinski definition) is 6. The number of likely N-dealkylation sites (N-methyl/N-ethyl adjacent to an activating group) is 1. The van der Waals surface area contributed by atoms with Gasteiger partial charge in [-0.1, -0.05) is 107 Å². The molecule has 2 bridgehead atoms. The second-order valence-corrected chi connectivity index (χ2v) is 10.8. The Kier molecular flexibility index (Phi) is 8.74. The third kappa shape index (κ3) is 5.47. The lowest BCUT2D eigenvalue weighted by Gasteiger charge is -2.38. The fourth-order valence-corrected chi connectivity index (χ4v) is 6.28. The van der Waals surface area contributed by atoms with Gasteiger partial charge in [0, 0.05) is 24.9 Å². The smallest absolute Gasteiger partial charge is 0.320 e. The van der Waals surface area contributed by atoms with E-state index in [4.69, 9.17) is 14.2 Å². The Labute approximate surface area is 244 Å². The van der Waals surface area contributed by atoms with Crippen LogP contribution in [0.5, 0.6) is 0 Å². The zero-order chi connectivity index (χ0) is 28.3. The molecule has 0 radical (unpaired) electrons. The van der Waals surface area contributed by atoms with E-state index in [0.717, 1.165) is 29.5 Å². The molecule has 0 amide bonds. The van der Waals surface area contributed by atoms with Crippen LogP contribution in [0.1, 0.15) is 42.4 Å². The van der Waals surface area contributed by atoms with Crippen molar-refractivity contribution in [2.24, 2.45) is 0 Å². The molecule has 0 aromatic heterocycles. The minimum absolute atomic E-state index is 0.0925. The lowest BCUT2D eigenvalue weighted by Crippen LogP contribution is -2.48. The monoisotopic (exact) mass is 605 g/mol. The van der Waals surface area contributed by atoms with Crippen molar-refractivity contribution < 1.29 is 23.8 Å². The highest BCUT2D eigenvalue weighted by Gasteiger charge is 2.63. The predicted octanol–water partition coefficient (Wildman–Crippen LogP) is 5.49. The van der Waals surface area contributed by atoms with Crippen molar-refractivity contribution in [3.05, 3.63) is 108 Å². The molecule has 0 N–H and O–H groups in total. The number of rotatable bonds is 8. The number of fused-ring (bicyclic) bond motifs is 5. The van der Waals surface area contributed by atoms with Crippen molar-refractivity contribution >= 4 is 27.9 Å². The van der Waals surface area contributed by atoms with Crippen molar-refractivity contribution in [1.82, 2.24) is 4.90 Å². The van der Waals surface area contributed by atoms with Gasteiger partial charge in [-0.2, -0.15) is 0 Å². The number of carbonyl (C=O) groups excluding carboxylic acids is 2. The molecule has 40 heavy (non-hydrogen) atoms. The zero-order valence-electron chi connectivity index (χ0n) is 23.1. The number of ether oxygens (including phenoxy) is 3. The molecule has 0 spiro atoms. The molecule has 3 aromatic carbocycles. The van der Waals surface area contributed by atoms with Crippen molar-refractivity contribution in [2.75, 3.05) is 19.5 Å². The average Bonchev–Trinajstić information content (AvgIpc) is 3.78. The molecule has 6 nitrogen and oxygen atoms in total. The first-order valence-corrected chi connectivity index (χ1v) is 15.3. The number of hydrogen-bond donors (Lipinski definition) is 0. The number of halogens is 1. The predicted molar refractivity (Wildman–Crippen MR) is 157 cm³/mol. The van der Waals surface area contributed by atoms with Crippen LogP contribution in [0.3, 0.4) is 0 Å². The van der Waals surface area contributed by atoms with Gasteiger partial charge >= 0.3 is 11.9 Å². The highest BCUT2D eigenvalue weighted by atomic mass is 79.9. The topological polar surface area (TPSA) is 68.4 Å². The summed E-state index contributed by atoms with van der Waals surface area (Å²) in [7, 11) is 2.13. The Morgan fingerprint density at radius 1 is 0.875 bits per heavy atom. The van der Waals surface area contributed by atoms with Crippen LogP contribution in [-0.4, -0.2) is 66.7 Å². The summed E-state index contributed by atoms with van der Waals surface area (Å²) in [6.45, 7) is 1.78. The van der Waals surface area contributed by atoms with Gasteiger partial charge in [0.15, 0.2) is 0 Å². The normalized spacial score (nSPS) is 25.6. The van der Waals surface area contributed by atoms with Gasteiger partial charge in [-0.05, 0) is 36.5 Å². The van der Waals surface area contributed by atoms with Crippen LogP contribution >= 0.6 is 15.9 Å². The van der Waals surface area contributed by atoms with Crippen LogP contribution in [0, 0.1) is 0 Å². The Morgan fingerprint density at radius 3 is 1.85 bits per heavy atom. The number of nitrogens with zero attached hydrogens (tertiary/aromatic N) is 1. The molecule has 3 aliphatic heterocycles. The summed E-state index contributed by atoms with van der Waals surface area (Å²) in [6, 6.07) is 29.3. The Bertz CT molecular complexity index is 1230. The lowest BCUT2D eigenvalue weighted by atomic mass is 9.76. The third-order valence-electron chi connectivity index (χ3n) is 8.64. The average molecular weight is 607 g/mol. The molecule has 3 saturated heterocycles. The Morgan fingerprint density at radius 2 is 1.35 bits per heavy atom. The van der Waals surface area contributed by atoms with Crippen LogP contribution in [0.25, 0.3) is 0 Å². The molecule has 210 valence electrons. The van der Waals surface area contributed by atoms with Crippen LogP contribution in [0.15, 0.2) is 91.0 Å². The summed E-state index contributed by atoms with van der Waals surface area (Å²) in [5.74, 6) is 0.346. The number of morpholine rings is 1. The molecule has 0 aliphatic carbocycles. The summed E-state index contributed by atoms with van der Waals surface area (Å²) in [5.41, 5.74) is 1.41. The molecular formula is C33H36BrNO5. The van der Waals surface area contributed by atoms with Crippen molar-refractivity contribution in [1.29, 1.82) is 0 Å². The molecule has 0 saturated carbocycles. The van der Waals surface area contributed by atoms with Gasteiger partial charge in [0.2, 0.25) is 0 Å². The third-order valence-corrected chi connectivity index (χ3v) is 8.64. The van der Waals surface area contributed by atoms with Gasteiger partial charge in [-0.25, -0.2) is 0 Å². The minimum atomic E-state index is -1.03. The van der Waals surface area contributed by atoms with E-state index in [-0.39, 0.29) is 30.9 Å². The fraction of sp³-hybridized carbons (Fsp3) is 0.394. The number of carbonyl (C=O) groups is 2. The summed E-state index contributed by atoms with van der Waals surface area (Å²) >= 11 is 2.94. The second-order valence-electron chi connectivity index (χ2n) is 10.8. The van der Waals surface area contributed by atoms with Crippen molar-refractivity contribution in [3.8, 4) is 0 Å². The van der Waals surface area contributed by atoms with Crippen LogP contribution in [-0.2, 0) is 29.2 Å². The number of piperidine rings is 1.